The Labute approximate surface area is 123 Å². The van der Waals surface area contributed by atoms with Crippen LogP contribution in [0, 0.1) is 5.92 Å². The quantitative estimate of drug-likeness (QED) is 0.385. The highest BCUT2D eigenvalue weighted by atomic mass is 32.2. The number of rotatable bonds is 7. The van der Waals surface area contributed by atoms with Crippen LogP contribution in [0.4, 0.5) is 0 Å². The number of nitrogens with one attached hydrogen (secondary N) is 1. The third kappa shape index (κ3) is 3.27. The molecule has 2 saturated heterocycles. The fourth-order valence-electron chi connectivity index (χ4n) is 2.66. The molecule has 2 aliphatic heterocycles. The Morgan fingerprint density at radius 1 is 1.65 bits per heavy atom. The van der Waals surface area contributed by atoms with Crippen molar-refractivity contribution >= 4 is 23.6 Å². The zero-order valence-electron chi connectivity index (χ0n) is 11.9. The summed E-state index contributed by atoms with van der Waals surface area (Å²) in [4.78, 5) is 24.8. The van der Waals surface area contributed by atoms with E-state index in [1.54, 1.807) is 25.7 Å². The second-order valence-electron chi connectivity index (χ2n) is 5.30. The Morgan fingerprint density at radius 2 is 2.40 bits per heavy atom. The number of carbonyl (C=O) groups excluding carboxylic acids is 2. The van der Waals surface area contributed by atoms with Crippen LogP contribution in [0.1, 0.15) is 19.8 Å². The zero-order valence-corrected chi connectivity index (χ0v) is 12.7. The van der Waals surface area contributed by atoms with E-state index in [9.17, 15) is 14.7 Å². The first kappa shape index (κ1) is 15.6. The lowest BCUT2D eigenvalue weighted by Gasteiger charge is -2.43. The molecule has 0 spiro atoms. The number of esters is 1. The van der Waals surface area contributed by atoms with Gasteiger partial charge in [0, 0.05) is 11.8 Å². The molecule has 0 aliphatic carbocycles. The second kappa shape index (κ2) is 6.78. The maximum Gasteiger partial charge on any atom is 0.319 e. The predicted octanol–water partition coefficient (Wildman–Crippen LogP) is -0.190. The Kier molecular flexibility index (Phi) is 5.29. The molecule has 20 heavy (non-hydrogen) atoms. The number of aliphatic hydroxyl groups excluding tert-OH is 1. The molecule has 0 radical (unpaired) electrons. The molecule has 1 amide bonds. The highest BCUT2D eigenvalue weighted by Gasteiger charge is 2.54. The Morgan fingerprint density at radius 3 is 3.05 bits per heavy atom. The molecule has 2 N–H and O–H groups in total. The number of hydrogen-bond donors (Lipinski definition) is 2. The van der Waals surface area contributed by atoms with Crippen molar-refractivity contribution in [3.05, 3.63) is 0 Å². The summed E-state index contributed by atoms with van der Waals surface area (Å²) in [6.07, 6.45) is 1.16. The van der Waals surface area contributed by atoms with Crippen LogP contribution in [-0.2, 0) is 14.3 Å². The molecule has 0 aromatic heterocycles. The van der Waals surface area contributed by atoms with Gasteiger partial charge in [0.15, 0.2) is 0 Å². The van der Waals surface area contributed by atoms with Gasteiger partial charge in [0.1, 0.15) is 0 Å². The summed E-state index contributed by atoms with van der Waals surface area (Å²) in [6, 6.07) is 0. The molecular weight excluding hydrogens is 280 g/mol. The van der Waals surface area contributed by atoms with Gasteiger partial charge < -0.3 is 20.1 Å². The number of fused-ring (bicyclic) bond motifs is 1. The minimum Gasteiger partial charge on any atom is -0.465 e. The summed E-state index contributed by atoms with van der Waals surface area (Å²) in [5.41, 5.74) is 0. The zero-order chi connectivity index (χ0) is 14.7. The maximum atomic E-state index is 11.8. The number of aliphatic hydroxyl groups is 1. The summed E-state index contributed by atoms with van der Waals surface area (Å²) < 4.78 is 5.06. The van der Waals surface area contributed by atoms with E-state index in [-0.39, 0.29) is 29.7 Å². The Hall–Kier alpha value is -0.790. The number of hydrogen-bond acceptors (Lipinski definition) is 6. The highest BCUT2D eigenvalue weighted by Crippen LogP contribution is 2.46. The van der Waals surface area contributed by atoms with E-state index >= 15 is 0 Å². The van der Waals surface area contributed by atoms with Crippen LogP contribution in [0.3, 0.4) is 0 Å². The molecule has 2 heterocycles. The number of nitrogens with zero attached hydrogens (tertiary/aromatic N) is 1. The van der Waals surface area contributed by atoms with Gasteiger partial charge in [-0.3, -0.25) is 9.59 Å². The fourth-order valence-corrected chi connectivity index (χ4v) is 4.45. The number of carbonyl (C=O) groups is 2. The van der Waals surface area contributed by atoms with Crippen molar-refractivity contribution in [1.82, 2.24) is 10.2 Å². The molecule has 1 unspecified atom stereocenters. The molecule has 6 nitrogen and oxygen atoms in total. The molecule has 2 aliphatic rings. The molecule has 0 aromatic carbocycles. The van der Waals surface area contributed by atoms with Gasteiger partial charge in [-0.25, -0.2) is 0 Å². The van der Waals surface area contributed by atoms with E-state index in [1.165, 1.54) is 0 Å². The topological polar surface area (TPSA) is 78.9 Å². The van der Waals surface area contributed by atoms with Gasteiger partial charge in [-0.15, -0.1) is 11.8 Å². The van der Waals surface area contributed by atoms with Crippen molar-refractivity contribution in [1.29, 1.82) is 0 Å². The van der Waals surface area contributed by atoms with Gasteiger partial charge >= 0.3 is 5.97 Å². The van der Waals surface area contributed by atoms with Crippen molar-refractivity contribution in [2.24, 2.45) is 5.92 Å². The molecule has 4 atom stereocenters. The van der Waals surface area contributed by atoms with Gasteiger partial charge in [0.2, 0.25) is 5.91 Å². The summed E-state index contributed by atoms with van der Waals surface area (Å²) >= 11 is 1.76. The van der Waals surface area contributed by atoms with Crippen LogP contribution >= 0.6 is 11.8 Å². The van der Waals surface area contributed by atoms with Crippen molar-refractivity contribution in [3.8, 4) is 0 Å². The van der Waals surface area contributed by atoms with Crippen LogP contribution in [0.25, 0.3) is 0 Å². The molecule has 0 bridgehead atoms. The van der Waals surface area contributed by atoms with E-state index in [4.69, 9.17) is 4.74 Å². The van der Waals surface area contributed by atoms with Gasteiger partial charge in [-0.2, -0.15) is 0 Å². The maximum absolute atomic E-state index is 11.8. The van der Waals surface area contributed by atoms with E-state index in [0.717, 1.165) is 19.4 Å². The number of ether oxygens (including phenoxy) is 1. The first-order valence-electron chi connectivity index (χ1n) is 6.98. The molecule has 7 heteroatoms. The van der Waals surface area contributed by atoms with Crippen LogP contribution in [0.2, 0.25) is 0 Å². The van der Waals surface area contributed by atoms with Crippen LogP contribution in [0.15, 0.2) is 0 Å². The lowest BCUT2D eigenvalue weighted by Crippen LogP contribution is -2.60. The van der Waals surface area contributed by atoms with Crippen molar-refractivity contribution in [2.45, 2.75) is 36.5 Å². The number of thioether (sulfide) groups is 1. The fraction of sp³-hybridized carbons (Fsp3) is 0.846. The molecule has 2 rings (SSSR count). The van der Waals surface area contributed by atoms with Crippen LogP contribution in [0.5, 0.6) is 0 Å². The molecule has 114 valence electrons. The average molecular weight is 302 g/mol. The summed E-state index contributed by atoms with van der Waals surface area (Å²) in [6.45, 7) is 3.09. The van der Waals surface area contributed by atoms with Gasteiger partial charge in [-0.1, -0.05) is 0 Å². The first-order valence-corrected chi connectivity index (χ1v) is 7.93. The van der Waals surface area contributed by atoms with Gasteiger partial charge in [-0.05, 0) is 26.8 Å². The monoisotopic (exact) mass is 302 g/mol. The van der Waals surface area contributed by atoms with Gasteiger partial charge in [0.25, 0.3) is 0 Å². The van der Waals surface area contributed by atoms with Gasteiger partial charge in [0.05, 0.1) is 30.5 Å². The SMILES string of the molecule is CNCC(=O)OCCCC1CN2C(=O)[C@H]([C@@H](C)O)[C@H]2S1. The molecule has 0 aromatic rings. The van der Waals surface area contributed by atoms with Crippen LogP contribution in [-0.4, -0.2) is 65.4 Å². The van der Waals surface area contributed by atoms with E-state index in [0.29, 0.717) is 11.9 Å². The summed E-state index contributed by atoms with van der Waals surface area (Å²) in [5.74, 6) is -0.404. The lowest BCUT2D eigenvalue weighted by atomic mass is 9.93. The highest BCUT2D eigenvalue weighted by molar-refractivity contribution is 8.00. The van der Waals surface area contributed by atoms with E-state index in [2.05, 4.69) is 5.32 Å². The minimum absolute atomic E-state index is 0.0699. The molecule has 0 saturated carbocycles. The summed E-state index contributed by atoms with van der Waals surface area (Å²) in [5, 5.41) is 12.8. The first-order chi connectivity index (χ1) is 9.54. The smallest absolute Gasteiger partial charge is 0.319 e. The standard InChI is InChI=1S/C13H22N2O4S/c1-8(16)11-12(18)15-7-9(20-13(11)15)4-3-5-19-10(17)6-14-2/h8-9,11,13-14,16H,3-7H2,1-2H3/t8-,9?,11+,13-/m1/s1. The third-order valence-electron chi connectivity index (χ3n) is 3.69. The number of amides is 1. The van der Waals surface area contributed by atoms with Crippen molar-refractivity contribution in [2.75, 3.05) is 26.7 Å². The minimum atomic E-state index is -0.572. The summed E-state index contributed by atoms with van der Waals surface area (Å²) in [7, 11) is 1.70. The Balaban J connectivity index is 1.65. The molecule has 2 fully saturated rings. The van der Waals surface area contributed by atoms with Crippen LogP contribution < -0.4 is 5.32 Å². The van der Waals surface area contributed by atoms with E-state index in [1.807, 2.05) is 4.90 Å². The third-order valence-corrected chi connectivity index (χ3v) is 5.29. The molecular formula is C13H22N2O4S. The predicted molar refractivity (Wildman–Crippen MR) is 76.2 cm³/mol. The second-order valence-corrected chi connectivity index (χ2v) is 6.72. The average Bonchev–Trinajstić information content (AvgIpc) is 2.73. The van der Waals surface area contributed by atoms with Crippen molar-refractivity contribution in [3.63, 3.8) is 0 Å². The Bertz CT molecular complexity index is 377. The number of likely N-dealkylation sites (N-methyl/N-ethyl adjacent to an activating group) is 1. The normalized spacial score (nSPS) is 29.9. The largest absolute Gasteiger partial charge is 0.465 e. The number of β-lactam (4-membered cyclic amide) rings is 1. The van der Waals surface area contributed by atoms with Crippen molar-refractivity contribution < 1.29 is 19.4 Å². The lowest BCUT2D eigenvalue weighted by molar-refractivity contribution is -0.155. The van der Waals surface area contributed by atoms with E-state index < -0.39 is 6.10 Å².